The molecule has 1 aromatic heterocycles. The highest BCUT2D eigenvalue weighted by Crippen LogP contribution is 2.22. The molecule has 0 bridgehead atoms. The Morgan fingerprint density at radius 2 is 2.15 bits per heavy atom. The van der Waals surface area contributed by atoms with Gasteiger partial charge in [-0.2, -0.15) is 0 Å². The van der Waals surface area contributed by atoms with Crippen LogP contribution in [0.4, 0.5) is 15.9 Å². The van der Waals surface area contributed by atoms with Gasteiger partial charge in [-0.25, -0.2) is 9.37 Å². The number of nitrogens with one attached hydrogen (secondary N) is 1. The minimum atomic E-state index is -0.577. The van der Waals surface area contributed by atoms with E-state index in [-0.39, 0.29) is 22.2 Å². The molecule has 5 nitrogen and oxygen atoms in total. The van der Waals surface area contributed by atoms with Gasteiger partial charge in [0.15, 0.2) is 0 Å². The smallest absolute Gasteiger partial charge is 0.255 e. The molecule has 1 aromatic carbocycles. The van der Waals surface area contributed by atoms with E-state index in [1.165, 1.54) is 37.4 Å². The third kappa shape index (κ3) is 3.16. The summed E-state index contributed by atoms with van der Waals surface area (Å²) in [5.41, 5.74) is 5.68. The van der Waals surface area contributed by atoms with Gasteiger partial charge < -0.3 is 15.8 Å². The van der Waals surface area contributed by atoms with E-state index in [4.69, 9.17) is 22.1 Å². The summed E-state index contributed by atoms with van der Waals surface area (Å²) in [5.74, 6) is -0.594. The molecule has 0 aliphatic heterocycles. The first-order chi connectivity index (χ1) is 9.49. The van der Waals surface area contributed by atoms with Crippen LogP contribution in [0.3, 0.4) is 0 Å². The lowest BCUT2D eigenvalue weighted by Crippen LogP contribution is -2.14. The number of aromatic nitrogens is 1. The monoisotopic (exact) mass is 295 g/mol. The lowest BCUT2D eigenvalue weighted by atomic mass is 10.2. The number of amides is 1. The molecule has 1 heterocycles. The van der Waals surface area contributed by atoms with Gasteiger partial charge in [0.05, 0.1) is 12.8 Å². The molecule has 2 rings (SSSR count). The van der Waals surface area contributed by atoms with Crippen molar-refractivity contribution in [2.75, 3.05) is 18.2 Å². The van der Waals surface area contributed by atoms with Gasteiger partial charge in [0.2, 0.25) is 0 Å². The summed E-state index contributed by atoms with van der Waals surface area (Å²) in [4.78, 5) is 15.7. The molecular weight excluding hydrogens is 285 g/mol. The van der Waals surface area contributed by atoms with E-state index in [2.05, 4.69) is 10.3 Å². The van der Waals surface area contributed by atoms with Crippen LogP contribution in [0.2, 0.25) is 5.15 Å². The van der Waals surface area contributed by atoms with Crippen molar-refractivity contribution in [1.29, 1.82) is 0 Å². The molecule has 104 valence electrons. The summed E-state index contributed by atoms with van der Waals surface area (Å²) < 4.78 is 18.6. The molecule has 2 aromatic rings. The van der Waals surface area contributed by atoms with E-state index in [0.29, 0.717) is 5.75 Å². The maximum absolute atomic E-state index is 13.6. The Morgan fingerprint density at radius 1 is 1.40 bits per heavy atom. The summed E-state index contributed by atoms with van der Waals surface area (Å²) in [5, 5.41) is 2.50. The Morgan fingerprint density at radius 3 is 2.80 bits per heavy atom. The fraction of sp³-hybridized carbons (Fsp3) is 0.0769. The van der Waals surface area contributed by atoms with E-state index < -0.39 is 11.7 Å². The normalized spacial score (nSPS) is 10.2. The van der Waals surface area contributed by atoms with Gasteiger partial charge in [0.1, 0.15) is 22.5 Å². The third-order valence-corrected chi connectivity index (χ3v) is 2.69. The number of nitrogens with two attached hydrogens (primary N) is 1. The number of benzene rings is 1. The highest BCUT2D eigenvalue weighted by molar-refractivity contribution is 6.30. The second-order valence-corrected chi connectivity index (χ2v) is 4.29. The summed E-state index contributed by atoms with van der Waals surface area (Å²) in [6, 6.07) is 6.71. The predicted molar refractivity (Wildman–Crippen MR) is 74.6 cm³/mol. The van der Waals surface area contributed by atoms with Crippen molar-refractivity contribution >= 4 is 29.0 Å². The van der Waals surface area contributed by atoms with E-state index in [1.807, 2.05) is 0 Å². The highest BCUT2D eigenvalue weighted by Gasteiger charge is 2.12. The van der Waals surface area contributed by atoms with Gasteiger partial charge >= 0.3 is 0 Å². The molecule has 0 radical (unpaired) electrons. The largest absolute Gasteiger partial charge is 0.497 e. The molecule has 1 amide bonds. The molecule has 0 unspecified atom stereocenters. The van der Waals surface area contributed by atoms with Gasteiger partial charge in [-0.1, -0.05) is 11.6 Å². The van der Waals surface area contributed by atoms with Crippen LogP contribution in [-0.4, -0.2) is 18.0 Å². The van der Waals surface area contributed by atoms with Gasteiger partial charge in [-0.3, -0.25) is 4.79 Å². The molecule has 0 aliphatic carbocycles. The number of hydrogen-bond donors (Lipinski definition) is 2. The Hall–Kier alpha value is -2.34. The molecule has 0 saturated carbocycles. The molecule has 3 N–H and O–H groups in total. The van der Waals surface area contributed by atoms with E-state index >= 15 is 0 Å². The second kappa shape index (κ2) is 5.75. The number of methoxy groups -OCH3 is 1. The number of carbonyl (C=O) groups excluding carboxylic acids is 1. The van der Waals surface area contributed by atoms with Crippen molar-refractivity contribution < 1.29 is 13.9 Å². The number of hydrogen-bond acceptors (Lipinski definition) is 4. The minimum Gasteiger partial charge on any atom is -0.497 e. The zero-order chi connectivity index (χ0) is 14.7. The number of pyridine rings is 1. The number of nitrogens with zero attached hydrogens (tertiary/aromatic N) is 1. The van der Waals surface area contributed by atoms with Crippen LogP contribution < -0.4 is 15.8 Å². The van der Waals surface area contributed by atoms with Crippen molar-refractivity contribution in [3.63, 3.8) is 0 Å². The van der Waals surface area contributed by atoms with Crippen LogP contribution in [0.25, 0.3) is 0 Å². The number of nitrogen functional groups attached to an aromatic ring is 1. The SMILES string of the molecule is COc1ccc(F)c(NC(=O)c2cc(N)nc(Cl)c2)c1. The predicted octanol–water partition coefficient (Wildman–Crippen LogP) is 2.72. The molecule has 0 spiro atoms. The number of anilines is 2. The highest BCUT2D eigenvalue weighted by atomic mass is 35.5. The maximum Gasteiger partial charge on any atom is 0.255 e. The molecule has 0 atom stereocenters. The molecule has 20 heavy (non-hydrogen) atoms. The summed E-state index contributed by atoms with van der Waals surface area (Å²) >= 11 is 5.71. The van der Waals surface area contributed by atoms with Crippen LogP contribution in [0.1, 0.15) is 10.4 Å². The fourth-order valence-electron chi connectivity index (χ4n) is 1.57. The zero-order valence-electron chi connectivity index (χ0n) is 10.5. The zero-order valence-corrected chi connectivity index (χ0v) is 11.2. The van der Waals surface area contributed by atoms with Crippen molar-refractivity contribution in [2.45, 2.75) is 0 Å². The minimum absolute atomic E-state index is 0.000793. The fourth-order valence-corrected chi connectivity index (χ4v) is 1.79. The second-order valence-electron chi connectivity index (χ2n) is 3.90. The molecular formula is C13H11ClFN3O2. The third-order valence-electron chi connectivity index (χ3n) is 2.50. The Balaban J connectivity index is 2.27. The van der Waals surface area contributed by atoms with Crippen LogP contribution in [-0.2, 0) is 0 Å². The van der Waals surface area contributed by atoms with E-state index in [1.54, 1.807) is 0 Å². The number of ether oxygens (including phenoxy) is 1. The Kier molecular flexibility index (Phi) is 4.05. The summed E-state index contributed by atoms with van der Waals surface area (Å²) in [6.45, 7) is 0. The van der Waals surface area contributed by atoms with Gasteiger partial charge in [-0.15, -0.1) is 0 Å². The van der Waals surface area contributed by atoms with E-state index in [9.17, 15) is 9.18 Å². The topological polar surface area (TPSA) is 77.2 Å². The standard InChI is InChI=1S/C13H11ClFN3O2/c1-20-8-2-3-9(15)10(6-8)17-13(19)7-4-11(14)18-12(16)5-7/h2-6H,1H3,(H2,16,18)(H,17,19). The molecule has 0 aliphatic rings. The van der Waals surface area contributed by atoms with Gasteiger partial charge in [0.25, 0.3) is 5.91 Å². The first-order valence-corrected chi connectivity index (χ1v) is 5.95. The van der Waals surface area contributed by atoms with Crippen LogP contribution in [0.15, 0.2) is 30.3 Å². The van der Waals surface area contributed by atoms with Gasteiger partial charge in [0, 0.05) is 11.6 Å². The van der Waals surface area contributed by atoms with Crippen molar-refractivity contribution in [3.8, 4) is 5.75 Å². The average molecular weight is 296 g/mol. The average Bonchev–Trinajstić information content (AvgIpc) is 2.40. The summed E-state index contributed by atoms with van der Waals surface area (Å²) in [7, 11) is 1.45. The van der Waals surface area contributed by atoms with E-state index in [0.717, 1.165) is 0 Å². The lowest BCUT2D eigenvalue weighted by Gasteiger charge is -2.09. The molecule has 0 saturated heterocycles. The quantitative estimate of drug-likeness (QED) is 0.854. The number of halogens is 2. The molecule has 0 fully saturated rings. The number of carbonyl (C=O) groups is 1. The lowest BCUT2D eigenvalue weighted by molar-refractivity contribution is 0.102. The number of rotatable bonds is 3. The van der Waals surface area contributed by atoms with Crippen LogP contribution >= 0.6 is 11.6 Å². The Bertz CT molecular complexity index is 644. The Labute approximate surface area is 119 Å². The maximum atomic E-state index is 13.6. The first kappa shape index (κ1) is 14.1. The van der Waals surface area contributed by atoms with Gasteiger partial charge in [-0.05, 0) is 24.3 Å². The summed E-state index contributed by atoms with van der Waals surface area (Å²) in [6.07, 6.45) is 0. The van der Waals surface area contributed by atoms with Crippen LogP contribution in [0.5, 0.6) is 5.75 Å². The van der Waals surface area contributed by atoms with Crippen molar-refractivity contribution in [1.82, 2.24) is 4.98 Å². The first-order valence-electron chi connectivity index (χ1n) is 5.57. The molecule has 7 heteroatoms. The van der Waals surface area contributed by atoms with Crippen LogP contribution in [0, 0.1) is 5.82 Å². The van der Waals surface area contributed by atoms with Crippen molar-refractivity contribution in [3.05, 3.63) is 46.9 Å². The van der Waals surface area contributed by atoms with Crippen molar-refractivity contribution in [2.24, 2.45) is 0 Å².